The highest BCUT2D eigenvalue weighted by molar-refractivity contribution is 5.94. The number of para-hydroxylation sites is 1. The Bertz CT molecular complexity index is 578. The van der Waals surface area contributed by atoms with Crippen LogP contribution in [0.15, 0.2) is 30.6 Å². The number of hydrogen-bond donors (Lipinski definition) is 1. The first kappa shape index (κ1) is 13.1. The van der Waals surface area contributed by atoms with Crippen LogP contribution in [0.1, 0.15) is 36.1 Å². The largest absolute Gasteiger partial charge is 0.454 e. The number of ether oxygens (including phenoxy) is 1. The van der Waals surface area contributed by atoms with Gasteiger partial charge in [0.25, 0.3) is 0 Å². The molecule has 6 nitrogen and oxygen atoms in total. The van der Waals surface area contributed by atoms with Crippen LogP contribution in [0, 0.1) is 0 Å². The molecule has 0 radical (unpaired) electrons. The summed E-state index contributed by atoms with van der Waals surface area (Å²) in [6.07, 6.45) is 1.44. The molecule has 0 unspecified atom stereocenters. The standard InChI is InChI=1S/C13H16N4O2/c1-9(2)17-12(15-8-16-17)7-19-13(18)10-5-3-4-6-11(10)14/h3-6,8-9H,7,14H2,1-2H3. The second-order valence-electron chi connectivity index (χ2n) is 4.38. The summed E-state index contributed by atoms with van der Waals surface area (Å²) in [5.74, 6) is 0.147. The maximum absolute atomic E-state index is 11.9. The first-order valence-electron chi connectivity index (χ1n) is 5.99. The first-order valence-corrected chi connectivity index (χ1v) is 5.99. The Morgan fingerprint density at radius 1 is 1.42 bits per heavy atom. The smallest absolute Gasteiger partial charge is 0.340 e. The predicted molar refractivity (Wildman–Crippen MR) is 70.4 cm³/mol. The van der Waals surface area contributed by atoms with Gasteiger partial charge in [-0.1, -0.05) is 12.1 Å². The Labute approximate surface area is 111 Å². The van der Waals surface area contributed by atoms with Crippen molar-refractivity contribution in [1.29, 1.82) is 0 Å². The number of carbonyl (C=O) groups is 1. The van der Waals surface area contributed by atoms with Crippen molar-refractivity contribution in [2.75, 3.05) is 5.73 Å². The van der Waals surface area contributed by atoms with Crippen LogP contribution in [0.2, 0.25) is 0 Å². The summed E-state index contributed by atoms with van der Waals surface area (Å²) in [5.41, 5.74) is 6.47. The van der Waals surface area contributed by atoms with Crippen molar-refractivity contribution in [3.63, 3.8) is 0 Å². The molecule has 2 N–H and O–H groups in total. The fourth-order valence-corrected chi connectivity index (χ4v) is 1.70. The summed E-state index contributed by atoms with van der Waals surface area (Å²) in [5, 5.41) is 4.07. The molecule has 2 aromatic rings. The molecule has 0 fully saturated rings. The molecule has 0 atom stereocenters. The minimum absolute atomic E-state index is 0.0747. The zero-order valence-corrected chi connectivity index (χ0v) is 10.9. The van der Waals surface area contributed by atoms with Crippen LogP contribution in [-0.4, -0.2) is 20.7 Å². The van der Waals surface area contributed by atoms with Crippen LogP contribution >= 0.6 is 0 Å². The molecule has 6 heteroatoms. The van der Waals surface area contributed by atoms with Gasteiger partial charge in [-0.2, -0.15) is 5.10 Å². The van der Waals surface area contributed by atoms with E-state index in [0.29, 0.717) is 17.1 Å². The first-order chi connectivity index (χ1) is 9.09. The zero-order chi connectivity index (χ0) is 13.8. The Balaban J connectivity index is 2.05. The summed E-state index contributed by atoms with van der Waals surface area (Å²) in [6, 6.07) is 6.96. The third-order valence-electron chi connectivity index (χ3n) is 2.65. The highest BCUT2D eigenvalue weighted by Crippen LogP contribution is 2.13. The van der Waals surface area contributed by atoms with E-state index in [4.69, 9.17) is 10.5 Å². The van der Waals surface area contributed by atoms with Crippen LogP contribution in [0.25, 0.3) is 0 Å². The van der Waals surface area contributed by atoms with Gasteiger partial charge in [-0.25, -0.2) is 14.5 Å². The summed E-state index contributed by atoms with van der Waals surface area (Å²) in [6.45, 7) is 4.04. The minimum atomic E-state index is -0.462. The summed E-state index contributed by atoms with van der Waals surface area (Å²) in [4.78, 5) is 16.0. The SMILES string of the molecule is CC(C)n1ncnc1COC(=O)c1ccccc1N. The van der Waals surface area contributed by atoms with Crippen molar-refractivity contribution >= 4 is 11.7 Å². The van der Waals surface area contributed by atoms with Gasteiger partial charge in [0, 0.05) is 11.7 Å². The fraction of sp³-hybridized carbons (Fsp3) is 0.308. The minimum Gasteiger partial charge on any atom is -0.454 e. The van der Waals surface area contributed by atoms with Gasteiger partial charge in [0.05, 0.1) is 5.56 Å². The number of benzene rings is 1. The van der Waals surface area contributed by atoms with E-state index in [9.17, 15) is 4.79 Å². The number of esters is 1. The Morgan fingerprint density at radius 2 is 2.16 bits per heavy atom. The Kier molecular flexibility index (Phi) is 3.79. The molecular formula is C13H16N4O2. The van der Waals surface area contributed by atoms with Crippen molar-refractivity contribution in [3.05, 3.63) is 42.0 Å². The zero-order valence-electron chi connectivity index (χ0n) is 10.9. The van der Waals surface area contributed by atoms with E-state index in [-0.39, 0.29) is 12.6 Å². The lowest BCUT2D eigenvalue weighted by Crippen LogP contribution is -2.13. The maximum Gasteiger partial charge on any atom is 0.340 e. The average molecular weight is 260 g/mol. The summed E-state index contributed by atoms with van der Waals surface area (Å²) >= 11 is 0. The van der Waals surface area contributed by atoms with Crippen molar-refractivity contribution in [1.82, 2.24) is 14.8 Å². The highest BCUT2D eigenvalue weighted by atomic mass is 16.5. The lowest BCUT2D eigenvalue weighted by atomic mass is 10.2. The molecule has 0 spiro atoms. The number of carbonyl (C=O) groups excluding carboxylic acids is 1. The Hall–Kier alpha value is -2.37. The molecule has 0 bridgehead atoms. The molecule has 0 saturated carbocycles. The van der Waals surface area contributed by atoms with Crippen molar-refractivity contribution in [2.24, 2.45) is 0 Å². The van der Waals surface area contributed by atoms with Crippen LogP contribution in [0.3, 0.4) is 0 Å². The summed E-state index contributed by atoms with van der Waals surface area (Å²) < 4.78 is 6.91. The number of hydrogen-bond acceptors (Lipinski definition) is 5. The quantitative estimate of drug-likeness (QED) is 0.669. The van der Waals surface area contributed by atoms with Gasteiger partial charge in [-0.3, -0.25) is 0 Å². The molecule has 0 aliphatic carbocycles. The van der Waals surface area contributed by atoms with Crippen molar-refractivity contribution in [3.8, 4) is 0 Å². The number of anilines is 1. The van der Waals surface area contributed by atoms with E-state index in [1.807, 2.05) is 13.8 Å². The third-order valence-corrected chi connectivity index (χ3v) is 2.65. The summed E-state index contributed by atoms with van der Waals surface area (Å²) in [7, 11) is 0. The lowest BCUT2D eigenvalue weighted by molar-refractivity contribution is 0.0456. The second kappa shape index (κ2) is 5.51. The van der Waals surface area contributed by atoms with E-state index in [1.54, 1.807) is 28.9 Å². The average Bonchev–Trinajstić information content (AvgIpc) is 2.85. The van der Waals surface area contributed by atoms with Crippen LogP contribution in [0.4, 0.5) is 5.69 Å². The van der Waals surface area contributed by atoms with E-state index in [0.717, 1.165) is 0 Å². The molecule has 100 valence electrons. The molecule has 0 saturated heterocycles. The Morgan fingerprint density at radius 3 is 2.84 bits per heavy atom. The molecule has 0 amide bonds. The van der Waals surface area contributed by atoms with E-state index in [2.05, 4.69) is 10.1 Å². The van der Waals surface area contributed by atoms with E-state index < -0.39 is 5.97 Å². The number of nitrogens with zero attached hydrogens (tertiary/aromatic N) is 3. The maximum atomic E-state index is 11.9. The molecule has 19 heavy (non-hydrogen) atoms. The van der Waals surface area contributed by atoms with Crippen LogP contribution in [0.5, 0.6) is 0 Å². The van der Waals surface area contributed by atoms with Gasteiger partial charge in [-0.05, 0) is 26.0 Å². The fourth-order valence-electron chi connectivity index (χ4n) is 1.70. The topological polar surface area (TPSA) is 83.0 Å². The lowest BCUT2D eigenvalue weighted by Gasteiger charge is -2.10. The van der Waals surface area contributed by atoms with Crippen LogP contribution < -0.4 is 5.73 Å². The van der Waals surface area contributed by atoms with Crippen LogP contribution in [-0.2, 0) is 11.3 Å². The van der Waals surface area contributed by atoms with Gasteiger partial charge >= 0.3 is 5.97 Å². The monoisotopic (exact) mass is 260 g/mol. The highest BCUT2D eigenvalue weighted by Gasteiger charge is 2.13. The molecule has 0 aliphatic rings. The molecule has 1 aromatic carbocycles. The molecule has 0 aliphatic heterocycles. The normalized spacial score (nSPS) is 10.7. The van der Waals surface area contributed by atoms with E-state index in [1.165, 1.54) is 6.33 Å². The number of rotatable bonds is 4. The van der Waals surface area contributed by atoms with Gasteiger partial charge in [0.2, 0.25) is 0 Å². The predicted octanol–water partition coefficient (Wildman–Crippen LogP) is 1.80. The van der Waals surface area contributed by atoms with Crippen molar-refractivity contribution < 1.29 is 9.53 Å². The molecule has 2 rings (SSSR count). The van der Waals surface area contributed by atoms with Gasteiger partial charge in [-0.15, -0.1) is 0 Å². The molecule has 1 heterocycles. The van der Waals surface area contributed by atoms with Gasteiger partial charge in [0.1, 0.15) is 6.33 Å². The number of nitrogens with two attached hydrogens (primary N) is 1. The van der Waals surface area contributed by atoms with E-state index >= 15 is 0 Å². The molecule has 1 aromatic heterocycles. The van der Waals surface area contributed by atoms with Crippen molar-refractivity contribution in [2.45, 2.75) is 26.5 Å². The number of nitrogen functional groups attached to an aromatic ring is 1. The third kappa shape index (κ3) is 2.90. The second-order valence-corrected chi connectivity index (χ2v) is 4.38. The molecular weight excluding hydrogens is 244 g/mol. The van der Waals surface area contributed by atoms with Gasteiger partial charge in [0.15, 0.2) is 12.4 Å². The van der Waals surface area contributed by atoms with Gasteiger partial charge < -0.3 is 10.5 Å². The number of aromatic nitrogens is 3.